The lowest BCUT2D eigenvalue weighted by molar-refractivity contribution is 0.0301. The van der Waals surface area contributed by atoms with E-state index in [1.165, 1.54) is 7.11 Å². The first-order valence-electron chi connectivity index (χ1n) is 11.4. The highest BCUT2D eigenvalue weighted by molar-refractivity contribution is 6.10. The molecule has 3 aromatic rings. The van der Waals surface area contributed by atoms with Crippen LogP contribution in [0.4, 0.5) is 16.2 Å². The first kappa shape index (κ1) is 23.6. The molecule has 4 rings (SSSR count). The van der Waals surface area contributed by atoms with E-state index in [9.17, 15) is 9.59 Å². The quantitative estimate of drug-likeness (QED) is 0.555. The summed E-state index contributed by atoms with van der Waals surface area (Å²) in [6.07, 6.45) is 0. The predicted molar refractivity (Wildman–Crippen MR) is 135 cm³/mol. The SMILES string of the molecule is COc1cc(C(C)(C)C)cc(NC(=O)Nc2cccc3ccccc23)c1C(=O)N1CCOCC1. The highest BCUT2D eigenvalue weighted by Crippen LogP contribution is 2.35. The van der Waals surface area contributed by atoms with Crippen molar-refractivity contribution < 1.29 is 19.1 Å². The van der Waals surface area contributed by atoms with Gasteiger partial charge in [0.1, 0.15) is 11.3 Å². The van der Waals surface area contributed by atoms with Gasteiger partial charge in [0.2, 0.25) is 0 Å². The zero-order chi connectivity index (χ0) is 24.3. The standard InChI is InChI=1S/C27H31N3O4/c1-27(2,3)19-16-22(24(23(17-19)33-4)25(31)30-12-14-34-15-13-30)29-26(32)28-21-11-7-9-18-8-5-6-10-20(18)21/h5-11,16-17H,12-15H2,1-4H3,(H2,28,29,32). The number of methoxy groups -OCH3 is 1. The highest BCUT2D eigenvalue weighted by Gasteiger charge is 2.28. The van der Waals surface area contributed by atoms with E-state index in [1.54, 1.807) is 4.90 Å². The fourth-order valence-electron chi connectivity index (χ4n) is 4.06. The van der Waals surface area contributed by atoms with Crippen molar-refractivity contribution in [3.63, 3.8) is 0 Å². The normalized spacial score (nSPS) is 14.1. The van der Waals surface area contributed by atoms with Gasteiger partial charge in [-0.15, -0.1) is 0 Å². The van der Waals surface area contributed by atoms with Gasteiger partial charge in [-0.05, 0) is 34.6 Å². The predicted octanol–water partition coefficient (Wildman–Crippen LogP) is 5.26. The van der Waals surface area contributed by atoms with Crippen molar-refractivity contribution in [2.24, 2.45) is 0 Å². The molecule has 1 aliphatic rings. The van der Waals surface area contributed by atoms with E-state index < -0.39 is 6.03 Å². The van der Waals surface area contributed by atoms with Gasteiger partial charge in [-0.25, -0.2) is 4.79 Å². The van der Waals surface area contributed by atoms with Crippen LogP contribution in [0, 0.1) is 0 Å². The maximum atomic E-state index is 13.5. The Kier molecular flexibility index (Phi) is 6.75. The van der Waals surface area contributed by atoms with Crippen LogP contribution in [0.5, 0.6) is 5.75 Å². The van der Waals surface area contributed by atoms with Crippen LogP contribution < -0.4 is 15.4 Å². The Hall–Kier alpha value is -3.58. The van der Waals surface area contributed by atoms with Gasteiger partial charge in [0.05, 0.1) is 31.7 Å². The molecule has 1 fully saturated rings. The Morgan fingerprint density at radius 3 is 2.32 bits per heavy atom. The summed E-state index contributed by atoms with van der Waals surface area (Å²) in [5.74, 6) is 0.241. The molecule has 0 atom stereocenters. The number of nitrogens with one attached hydrogen (secondary N) is 2. The zero-order valence-electron chi connectivity index (χ0n) is 20.1. The van der Waals surface area contributed by atoms with E-state index in [0.717, 1.165) is 16.3 Å². The van der Waals surface area contributed by atoms with Gasteiger partial charge in [0, 0.05) is 18.5 Å². The van der Waals surface area contributed by atoms with E-state index >= 15 is 0 Å². The minimum atomic E-state index is -0.430. The minimum Gasteiger partial charge on any atom is -0.496 e. The van der Waals surface area contributed by atoms with Gasteiger partial charge >= 0.3 is 6.03 Å². The van der Waals surface area contributed by atoms with Crippen LogP contribution in [0.15, 0.2) is 54.6 Å². The fraction of sp³-hybridized carbons (Fsp3) is 0.333. The second-order valence-corrected chi connectivity index (χ2v) is 9.36. The molecule has 1 aliphatic heterocycles. The molecule has 0 radical (unpaired) electrons. The Labute approximate surface area is 200 Å². The maximum Gasteiger partial charge on any atom is 0.323 e. The fourth-order valence-corrected chi connectivity index (χ4v) is 4.06. The van der Waals surface area contributed by atoms with E-state index in [0.29, 0.717) is 49.0 Å². The summed E-state index contributed by atoms with van der Waals surface area (Å²) in [7, 11) is 1.54. The second kappa shape index (κ2) is 9.73. The molecule has 7 heteroatoms. The molecule has 0 bridgehead atoms. The molecule has 0 spiro atoms. The van der Waals surface area contributed by atoms with Crippen molar-refractivity contribution in [1.82, 2.24) is 4.90 Å². The summed E-state index contributed by atoms with van der Waals surface area (Å²) in [6, 6.07) is 16.9. The monoisotopic (exact) mass is 461 g/mol. The lowest BCUT2D eigenvalue weighted by Gasteiger charge is -2.29. The molecule has 3 aromatic carbocycles. The van der Waals surface area contributed by atoms with Crippen LogP contribution in [0.1, 0.15) is 36.7 Å². The smallest absolute Gasteiger partial charge is 0.323 e. The third-order valence-electron chi connectivity index (χ3n) is 5.99. The van der Waals surface area contributed by atoms with Crippen LogP contribution in [-0.4, -0.2) is 50.3 Å². The summed E-state index contributed by atoms with van der Waals surface area (Å²) in [6.45, 7) is 8.17. The van der Waals surface area contributed by atoms with Gasteiger partial charge in [0.15, 0.2) is 0 Å². The van der Waals surface area contributed by atoms with Gasteiger partial charge < -0.3 is 25.0 Å². The molecule has 0 unspecified atom stereocenters. The van der Waals surface area contributed by atoms with Crippen LogP contribution in [0.3, 0.4) is 0 Å². The van der Waals surface area contributed by atoms with Crippen molar-refractivity contribution in [3.05, 3.63) is 65.7 Å². The lowest BCUT2D eigenvalue weighted by Crippen LogP contribution is -2.41. The van der Waals surface area contributed by atoms with Crippen molar-refractivity contribution in [3.8, 4) is 5.75 Å². The molecule has 178 valence electrons. The molecule has 2 N–H and O–H groups in total. The van der Waals surface area contributed by atoms with Gasteiger partial charge in [-0.2, -0.15) is 0 Å². The largest absolute Gasteiger partial charge is 0.496 e. The Morgan fingerprint density at radius 1 is 0.941 bits per heavy atom. The number of nitrogens with zero attached hydrogens (tertiary/aromatic N) is 1. The molecule has 1 heterocycles. The van der Waals surface area contributed by atoms with Crippen molar-refractivity contribution >= 4 is 34.1 Å². The molecule has 34 heavy (non-hydrogen) atoms. The van der Waals surface area contributed by atoms with Crippen molar-refractivity contribution in [1.29, 1.82) is 0 Å². The number of rotatable bonds is 4. The summed E-state index contributed by atoms with van der Waals surface area (Å²) in [4.78, 5) is 28.4. The number of carbonyl (C=O) groups excluding carboxylic acids is 2. The number of urea groups is 1. The van der Waals surface area contributed by atoms with E-state index in [-0.39, 0.29) is 11.3 Å². The van der Waals surface area contributed by atoms with E-state index in [4.69, 9.17) is 9.47 Å². The molecular weight excluding hydrogens is 430 g/mol. The molecule has 7 nitrogen and oxygen atoms in total. The number of anilines is 2. The van der Waals surface area contributed by atoms with Crippen LogP contribution in [0.2, 0.25) is 0 Å². The molecule has 0 aromatic heterocycles. The van der Waals surface area contributed by atoms with Crippen LogP contribution >= 0.6 is 0 Å². The molecule has 0 aliphatic carbocycles. The average molecular weight is 462 g/mol. The summed E-state index contributed by atoms with van der Waals surface area (Å²) < 4.78 is 11.0. The van der Waals surface area contributed by atoms with Gasteiger partial charge in [-0.3, -0.25) is 4.79 Å². The second-order valence-electron chi connectivity index (χ2n) is 9.36. The molecule has 1 saturated heterocycles. The van der Waals surface area contributed by atoms with Crippen molar-refractivity contribution in [2.45, 2.75) is 26.2 Å². The highest BCUT2D eigenvalue weighted by atomic mass is 16.5. The van der Waals surface area contributed by atoms with Gasteiger partial charge in [0.25, 0.3) is 5.91 Å². The number of morpholine rings is 1. The first-order valence-corrected chi connectivity index (χ1v) is 11.4. The van der Waals surface area contributed by atoms with Crippen LogP contribution in [-0.2, 0) is 10.2 Å². The van der Waals surface area contributed by atoms with Crippen LogP contribution in [0.25, 0.3) is 10.8 Å². The van der Waals surface area contributed by atoms with E-state index in [1.807, 2.05) is 54.6 Å². The third-order valence-corrected chi connectivity index (χ3v) is 5.99. The summed E-state index contributed by atoms with van der Waals surface area (Å²) in [5.41, 5.74) is 2.18. The average Bonchev–Trinajstić information content (AvgIpc) is 2.83. The summed E-state index contributed by atoms with van der Waals surface area (Å²) in [5, 5.41) is 7.82. The lowest BCUT2D eigenvalue weighted by atomic mass is 9.85. The maximum absolute atomic E-state index is 13.5. The number of carbonyl (C=O) groups is 2. The first-order chi connectivity index (χ1) is 16.3. The number of hydrogen-bond acceptors (Lipinski definition) is 4. The third kappa shape index (κ3) is 4.99. The Bertz CT molecular complexity index is 1200. The van der Waals surface area contributed by atoms with Crippen molar-refractivity contribution in [2.75, 3.05) is 44.0 Å². The minimum absolute atomic E-state index is 0.193. The van der Waals surface area contributed by atoms with E-state index in [2.05, 4.69) is 31.4 Å². The van der Waals surface area contributed by atoms with Gasteiger partial charge in [-0.1, -0.05) is 57.2 Å². The number of fused-ring (bicyclic) bond motifs is 1. The number of amides is 3. The summed E-state index contributed by atoms with van der Waals surface area (Å²) >= 11 is 0. The Morgan fingerprint density at radius 2 is 1.62 bits per heavy atom. The molecule has 0 saturated carbocycles. The topological polar surface area (TPSA) is 79.9 Å². The number of benzene rings is 3. The number of hydrogen-bond donors (Lipinski definition) is 2. The molecular formula is C27H31N3O4. The molecule has 3 amide bonds. The Balaban J connectivity index is 1.70. The number of ether oxygens (including phenoxy) is 2. The zero-order valence-corrected chi connectivity index (χ0v) is 20.1.